The topological polar surface area (TPSA) is 101 Å². The average Bonchev–Trinajstić information content (AvgIpc) is 2.39. The molecule has 110 valence electrons. The van der Waals surface area contributed by atoms with Crippen LogP contribution in [0.5, 0.6) is 0 Å². The number of hydrogen-bond acceptors (Lipinski definition) is 5. The third kappa shape index (κ3) is 3.54. The van der Waals surface area contributed by atoms with Crippen molar-refractivity contribution in [2.45, 2.75) is 23.8 Å². The van der Waals surface area contributed by atoms with E-state index in [1.54, 1.807) is 0 Å². The van der Waals surface area contributed by atoms with E-state index in [4.69, 9.17) is 0 Å². The van der Waals surface area contributed by atoms with E-state index in [-0.39, 0.29) is 10.9 Å². The highest BCUT2D eigenvalue weighted by Crippen LogP contribution is 2.27. The number of nitrogens with one attached hydrogen (secondary N) is 2. The van der Waals surface area contributed by atoms with Crippen molar-refractivity contribution in [3.8, 4) is 0 Å². The van der Waals surface area contributed by atoms with Crippen molar-refractivity contribution in [1.82, 2.24) is 10.0 Å². The Hall–Kier alpha value is -1.03. The summed E-state index contributed by atoms with van der Waals surface area (Å²) in [6.07, 6.45) is 1.59. The van der Waals surface area contributed by atoms with Gasteiger partial charge in [-0.15, -0.1) is 0 Å². The first-order valence-corrected chi connectivity index (χ1v) is 8.35. The van der Waals surface area contributed by atoms with Crippen molar-refractivity contribution in [1.29, 1.82) is 0 Å². The normalized spacial score (nSPS) is 19.8. The molecule has 1 aromatic rings. The Morgan fingerprint density at radius 3 is 2.80 bits per heavy atom. The van der Waals surface area contributed by atoms with E-state index in [9.17, 15) is 18.5 Å². The van der Waals surface area contributed by atoms with E-state index in [2.05, 4.69) is 26.0 Å². The molecule has 0 aliphatic carbocycles. The first-order valence-electron chi connectivity index (χ1n) is 6.07. The molecule has 1 unspecified atom stereocenters. The maximum absolute atomic E-state index is 12.3. The van der Waals surface area contributed by atoms with Gasteiger partial charge in [-0.2, -0.15) is 0 Å². The predicted molar refractivity (Wildman–Crippen MR) is 77.0 cm³/mol. The standard InChI is InChI=1S/C11H14BrN3O4S/c12-8-3-4-10(15(16)17)11(6-8)20(18,19)14-9-2-1-5-13-7-9/h3-4,6,9,13-14H,1-2,5,7H2. The van der Waals surface area contributed by atoms with Crippen LogP contribution in [0.25, 0.3) is 0 Å². The maximum atomic E-state index is 12.3. The third-order valence-corrected chi connectivity index (χ3v) is 5.07. The molecule has 1 saturated heterocycles. The molecule has 20 heavy (non-hydrogen) atoms. The molecule has 1 heterocycles. The second-order valence-corrected chi connectivity index (χ2v) is 7.13. The fourth-order valence-corrected chi connectivity index (χ4v) is 4.07. The molecule has 2 N–H and O–H groups in total. The minimum Gasteiger partial charge on any atom is -0.315 e. The predicted octanol–water partition coefficient (Wildman–Crippen LogP) is 1.39. The van der Waals surface area contributed by atoms with Crippen LogP contribution in [0.1, 0.15) is 12.8 Å². The van der Waals surface area contributed by atoms with Crippen molar-refractivity contribution >= 4 is 31.6 Å². The summed E-state index contributed by atoms with van der Waals surface area (Å²) in [5.74, 6) is 0. The number of rotatable bonds is 4. The fourth-order valence-electron chi connectivity index (χ4n) is 2.09. The fraction of sp³-hybridized carbons (Fsp3) is 0.455. The van der Waals surface area contributed by atoms with Crippen LogP contribution >= 0.6 is 15.9 Å². The van der Waals surface area contributed by atoms with E-state index < -0.39 is 20.6 Å². The number of nitro benzene ring substituents is 1. The minimum atomic E-state index is -3.92. The molecule has 0 amide bonds. The van der Waals surface area contributed by atoms with E-state index in [0.717, 1.165) is 13.0 Å². The molecule has 1 aromatic carbocycles. The first kappa shape index (κ1) is 15.4. The van der Waals surface area contributed by atoms with Gasteiger partial charge >= 0.3 is 0 Å². The van der Waals surface area contributed by atoms with Crippen LogP contribution < -0.4 is 10.0 Å². The molecule has 0 saturated carbocycles. The van der Waals surface area contributed by atoms with Gasteiger partial charge in [-0.1, -0.05) is 15.9 Å². The van der Waals surface area contributed by atoms with Crippen LogP contribution in [0.2, 0.25) is 0 Å². The third-order valence-electron chi connectivity index (χ3n) is 3.03. The lowest BCUT2D eigenvalue weighted by molar-refractivity contribution is -0.387. The van der Waals surface area contributed by atoms with E-state index in [1.165, 1.54) is 18.2 Å². The molecule has 9 heteroatoms. The number of benzene rings is 1. The summed E-state index contributed by atoms with van der Waals surface area (Å²) in [6.45, 7) is 1.39. The molecule has 0 bridgehead atoms. The van der Waals surface area contributed by atoms with Gasteiger partial charge in [-0.3, -0.25) is 10.1 Å². The van der Waals surface area contributed by atoms with Gasteiger partial charge in [0.2, 0.25) is 10.0 Å². The van der Waals surface area contributed by atoms with Gasteiger partial charge in [0.25, 0.3) is 5.69 Å². The highest BCUT2D eigenvalue weighted by molar-refractivity contribution is 9.10. The smallest absolute Gasteiger partial charge is 0.289 e. The molecule has 1 atom stereocenters. The van der Waals surface area contributed by atoms with Crippen LogP contribution in [0, 0.1) is 10.1 Å². The van der Waals surface area contributed by atoms with Gasteiger partial charge in [0.15, 0.2) is 4.90 Å². The summed E-state index contributed by atoms with van der Waals surface area (Å²) in [4.78, 5) is 9.95. The van der Waals surface area contributed by atoms with Crippen molar-refractivity contribution in [3.05, 3.63) is 32.8 Å². The summed E-state index contributed by atoms with van der Waals surface area (Å²) < 4.78 is 27.6. The summed E-state index contributed by atoms with van der Waals surface area (Å²) in [5, 5.41) is 14.0. The number of hydrogen-bond donors (Lipinski definition) is 2. The van der Waals surface area contributed by atoms with Crippen LogP contribution in [0.3, 0.4) is 0 Å². The summed E-state index contributed by atoms with van der Waals surface area (Å²) >= 11 is 3.14. The summed E-state index contributed by atoms with van der Waals surface area (Å²) in [5.41, 5.74) is -0.426. The molecule has 0 radical (unpaired) electrons. The van der Waals surface area contributed by atoms with Gasteiger partial charge < -0.3 is 5.32 Å². The van der Waals surface area contributed by atoms with Gasteiger partial charge in [-0.25, -0.2) is 13.1 Å². The molecular weight excluding hydrogens is 350 g/mol. The van der Waals surface area contributed by atoms with Gasteiger partial charge in [-0.05, 0) is 31.5 Å². The monoisotopic (exact) mass is 363 g/mol. The highest BCUT2D eigenvalue weighted by atomic mass is 79.9. The van der Waals surface area contributed by atoms with E-state index in [0.29, 0.717) is 17.4 Å². The lowest BCUT2D eigenvalue weighted by Crippen LogP contribution is -2.45. The second-order valence-electron chi connectivity index (χ2n) is 4.53. The van der Waals surface area contributed by atoms with Crippen LogP contribution in [-0.4, -0.2) is 32.5 Å². The van der Waals surface area contributed by atoms with Crippen LogP contribution in [-0.2, 0) is 10.0 Å². The molecule has 0 aromatic heterocycles. The van der Waals surface area contributed by atoms with E-state index >= 15 is 0 Å². The van der Waals surface area contributed by atoms with E-state index in [1.807, 2.05) is 0 Å². The lowest BCUT2D eigenvalue weighted by atomic mass is 10.1. The molecule has 1 fully saturated rings. The zero-order chi connectivity index (χ0) is 14.8. The van der Waals surface area contributed by atoms with Gasteiger partial charge in [0, 0.05) is 23.1 Å². The molecular formula is C11H14BrN3O4S. The quantitative estimate of drug-likeness (QED) is 0.621. The minimum absolute atomic E-state index is 0.243. The average molecular weight is 364 g/mol. The lowest BCUT2D eigenvalue weighted by Gasteiger charge is -2.23. The maximum Gasteiger partial charge on any atom is 0.289 e. The molecule has 1 aliphatic rings. The SMILES string of the molecule is O=[N+]([O-])c1ccc(Br)cc1S(=O)(=O)NC1CCCNC1. The first-order chi connectivity index (χ1) is 9.40. The number of sulfonamides is 1. The van der Waals surface area contributed by atoms with Crippen LogP contribution in [0.15, 0.2) is 27.6 Å². The van der Waals surface area contributed by atoms with Crippen molar-refractivity contribution in [3.63, 3.8) is 0 Å². The van der Waals surface area contributed by atoms with Crippen molar-refractivity contribution in [2.75, 3.05) is 13.1 Å². The van der Waals surface area contributed by atoms with Crippen LogP contribution in [0.4, 0.5) is 5.69 Å². The Morgan fingerprint density at radius 2 is 2.20 bits per heavy atom. The number of piperidine rings is 1. The Kier molecular flexibility index (Phi) is 4.74. The molecule has 2 rings (SSSR count). The highest BCUT2D eigenvalue weighted by Gasteiger charge is 2.28. The number of nitro groups is 1. The molecule has 1 aliphatic heterocycles. The second kappa shape index (κ2) is 6.17. The van der Waals surface area contributed by atoms with Crippen molar-refractivity contribution < 1.29 is 13.3 Å². The number of halogens is 1. The Morgan fingerprint density at radius 1 is 1.45 bits per heavy atom. The summed E-state index contributed by atoms with van der Waals surface area (Å²) in [6, 6.07) is 3.63. The van der Waals surface area contributed by atoms with Crippen molar-refractivity contribution in [2.24, 2.45) is 0 Å². The van der Waals surface area contributed by atoms with Gasteiger partial charge in [0.05, 0.1) is 4.92 Å². The summed E-state index contributed by atoms with van der Waals surface area (Å²) in [7, 11) is -3.92. The Labute approximate surface area is 125 Å². The number of nitrogens with zero attached hydrogens (tertiary/aromatic N) is 1. The molecule has 7 nitrogen and oxygen atoms in total. The zero-order valence-corrected chi connectivity index (χ0v) is 12.9. The Balaban J connectivity index is 2.32. The largest absolute Gasteiger partial charge is 0.315 e. The molecule has 0 spiro atoms. The van der Waals surface area contributed by atoms with Gasteiger partial charge in [0.1, 0.15) is 0 Å². The zero-order valence-electron chi connectivity index (χ0n) is 10.5. The Bertz CT molecular complexity index is 614.